The third-order valence-corrected chi connectivity index (χ3v) is 5.49. The van der Waals surface area contributed by atoms with Crippen molar-refractivity contribution in [1.82, 2.24) is 11.0 Å². The number of rotatable bonds is 7. The average Bonchev–Trinajstić information content (AvgIpc) is 3.27. The molecule has 0 atom stereocenters. The fraction of sp³-hybridized carbons (Fsp3) is 0.250. The fourth-order valence-corrected chi connectivity index (χ4v) is 3.77. The molecule has 0 aliphatic heterocycles. The van der Waals surface area contributed by atoms with Gasteiger partial charge < -0.3 is 4.74 Å². The number of anilines is 1. The topological polar surface area (TPSA) is 53.6 Å². The lowest BCUT2D eigenvalue weighted by molar-refractivity contribution is -0.137. The Kier molecular flexibility index (Phi) is 9.27. The van der Waals surface area contributed by atoms with E-state index in [0.717, 1.165) is 25.0 Å². The molecule has 0 bridgehead atoms. The number of amides is 1. The predicted octanol–water partition coefficient (Wildman–Crippen LogP) is 5.76. The van der Waals surface area contributed by atoms with Crippen LogP contribution < -0.4 is 16.0 Å². The van der Waals surface area contributed by atoms with Gasteiger partial charge in [-0.15, -0.1) is 0 Å². The van der Waals surface area contributed by atoms with Crippen molar-refractivity contribution in [3.8, 4) is 0 Å². The first-order valence-electron chi connectivity index (χ1n) is 11.6. The summed E-state index contributed by atoms with van der Waals surface area (Å²) in [5.41, 5.74) is 9.16. The van der Waals surface area contributed by atoms with Gasteiger partial charge in [-0.1, -0.05) is 79.7 Å². The van der Waals surface area contributed by atoms with Crippen molar-refractivity contribution in [2.75, 3.05) is 11.6 Å². The van der Waals surface area contributed by atoms with Gasteiger partial charge in [0.05, 0.1) is 11.3 Å². The molecule has 2 N–H and O–H groups in total. The van der Waals surface area contributed by atoms with E-state index in [1.807, 2.05) is 49.4 Å². The van der Waals surface area contributed by atoms with Gasteiger partial charge in [0.2, 0.25) is 0 Å². The molecule has 0 heterocycles. The lowest BCUT2D eigenvalue weighted by Gasteiger charge is -2.25. The highest BCUT2D eigenvalue weighted by Crippen LogP contribution is 2.29. The molecule has 4 rings (SSSR count). The number of halogens is 3. The molecule has 0 aromatic heterocycles. The maximum atomic E-state index is 12.8. The number of nitrogens with one attached hydrogen (secondary N) is 2. The molecule has 0 unspecified atom stereocenters. The normalized spacial score (nSPS) is 12.8. The highest BCUT2D eigenvalue weighted by Gasteiger charge is 2.30. The molecular formula is C28H30F3N3O2. The van der Waals surface area contributed by atoms with Crippen LogP contribution in [0.4, 0.5) is 18.9 Å². The second-order valence-electron chi connectivity index (χ2n) is 8.33. The minimum absolute atomic E-state index is 0.0504. The van der Waals surface area contributed by atoms with Crippen LogP contribution in [0, 0.1) is 6.92 Å². The van der Waals surface area contributed by atoms with E-state index in [4.69, 9.17) is 4.74 Å². The molecule has 3 aromatic rings. The van der Waals surface area contributed by atoms with E-state index in [1.165, 1.54) is 22.2 Å². The van der Waals surface area contributed by atoms with Gasteiger partial charge in [0.25, 0.3) is 0 Å². The largest absolute Gasteiger partial charge is 0.485 e. The molecule has 0 fully saturated rings. The van der Waals surface area contributed by atoms with E-state index in [0.29, 0.717) is 17.8 Å². The number of nitrogens with zero attached hydrogens (tertiary/aromatic N) is 1. The predicted molar refractivity (Wildman–Crippen MR) is 135 cm³/mol. The summed E-state index contributed by atoms with van der Waals surface area (Å²) in [7, 11) is 0. The van der Waals surface area contributed by atoms with E-state index >= 15 is 0 Å². The van der Waals surface area contributed by atoms with Crippen molar-refractivity contribution in [2.45, 2.75) is 39.0 Å². The maximum absolute atomic E-state index is 12.8. The molecule has 0 spiro atoms. The highest BCUT2D eigenvalue weighted by molar-refractivity contribution is 6.03. The van der Waals surface area contributed by atoms with E-state index < -0.39 is 11.7 Å². The van der Waals surface area contributed by atoms with Crippen LogP contribution in [0.25, 0.3) is 0 Å². The van der Waals surface area contributed by atoms with Gasteiger partial charge in [0.15, 0.2) is 5.76 Å². The SMILES string of the molecule is C=C(OC1Cc2ccccc2C1)C(=O)N(NNCC)c1ccccc1.Cc1cccc(C(F)(F)F)c1. The van der Waals surface area contributed by atoms with Crippen LogP contribution in [0.15, 0.2) is 91.2 Å². The molecule has 1 aliphatic carbocycles. The number of para-hydroxylation sites is 1. The second kappa shape index (κ2) is 12.4. The number of ether oxygens (including phenoxy) is 1. The van der Waals surface area contributed by atoms with Gasteiger partial charge in [-0.05, 0) is 36.2 Å². The zero-order chi connectivity index (χ0) is 26.1. The van der Waals surface area contributed by atoms with Crippen LogP contribution >= 0.6 is 0 Å². The molecule has 0 saturated carbocycles. The highest BCUT2D eigenvalue weighted by atomic mass is 19.4. The Morgan fingerprint density at radius 3 is 2.14 bits per heavy atom. The van der Waals surface area contributed by atoms with Gasteiger partial charge in [-0.2, -0.15) is 18.7 Å². The molecule has 0 radical (unpaired) electrons. The number of aryl methyl sites for hydroxylation is 1. The monoisotopic (exact) mass is 497 g/mol. The molecule has 36 heavy (non-hydrogen) atoms. The van der Waals surface area contributed by atoms with Crippen molar-refractivity contribution in [3.05, 3.63) is 113 Å². The number of fused-ring (bicyclic) bond motifs is 1. The Morgan fingerprint density at radius 1 is 1.00 bits per heavy atom. The summed E-state index contributed by atoms with van der Waals surface area (Å²) in [4.78, 5) is 12.8. The van der Waals surface area contributed by atoms with Crippen molar-refractivity contribution >= 4 is 11.6 Å². The molecule has 1 amide bonds. The number of hydrogen-bond donors (Lipinski definition) is 2. The smallest absolute Gasteiger partial charge is 0.416 e. The quantitative estimate of drug-likeness (QED) is 0.248. The lowest BCUT2D eigenvalue weighted by Crippen LogP contribution is -2.51. The summed E-state index contributed by atoms with van der Waals surface area (Å²) in [6, 6.07) is 22.8. The molecule has 3 aromatic carbocycles. The zero-order valence-corrected chi connectivity index (χ0v) is 20.3. The number of benzene rings is 3. The Hall–Kier alpha value is -3.62. The Balaban J connectivity index is 0.000000275. The van der Waals surface area contributed by atoms with E-state index in [-0.39, 0.29) is 17.8 Å². The minimum atomic E-state index is -4.22. The number of carbonyl (C=O) groups excluding carboxylic acids is 1. The number of alkyl halides is 3. The summed E-state index contributed by atoms with van der Waals surface area (Å²) in [5.74, 6) is -0.185. The van der Waals surface area contributed by atoms with Crippen molar-refractivity contribution in [1.29, 1.82) is 0 Å². The number of hydrazine groups is 2. The average molecular weight is 498 g/mol. The first-order chi connectivity index (χ1) is 17.2. The Bertz CT molecular complexity index is 1140. The summed E-state index contributed by atoms with van der Waals surface area (Å²) < 4.78 is 41.8. The maximum Gasteiger partial charge on any atom is 0.416 e. The summed E-state index contributed by atoms with van der Waals surface area (Å²) in [6.45, 7) is 8.10. The van der Waals surface area contributed by atoms with Gasteiger partial charge in [-0.3, -0.25) is 4.79 Å². The summed E-state index contributed by atoms with van der Waals surface area (Å²) >= 11 is 0. The van der Waals surface area contributed by atoms with E-state index in [2.05, 4.69) is 29.7 Å². The first-order valence-corrected chi connectivity index (χ1v) is 11.6. The minimum Gasteiger partial charge on any atom is -0.485 e. The zero-order valence-electron chi connectivity index (χ0n) is 20.3. The van der Waals surface area contributed by atoms with Crippen LogP contribution in [0.2, 0.25) is 0 Å². The molecule has 0 saturated heterocycles. The van der Waals surface area contributed by atoms with Crippen LogP contribution in [0.3, 0.4) is 0 Å². The standard InChI is InChI=1S/C20H23N3O2.C8H7F3/c1-3-21-22-23(18-11-5-4-6-12-18)20(24)15(2)25-19-13-16-9-7-8-10-17(16)14-19;1-6-3-2-4-7(5-6)8(9,10)11/h4-12,19,21-22H,2-3,13-14H2,1H3;2-5H,1H3. The van der Waals surface area contributed by atoms with Crippen LogP contribution in [0.5, 0.6) is 0 Å². The van der Waals surface area contributed by atoms with E-state index in [9.17, 15) is 18.0 Å². The molecular weight excluding hydrogens is 467 g/mol. The number of carbonyl (C=O) groups is 1. The third-order valence-electron chi connectivity index (χ3n) is 5.49. The summed E-state index contributed by atoms with van der Waals surface area (Å²) in [5, 5.41) is 1.41. The molecule has 190 valence electrons. The molecule has 1 aliphatic rings. The molecule has 8 heteroatoms. The van der Waals surface area contributed by atoms with Crippen LogP contribution in [-0.2, 0) is 28.5 Å². The Labute approximate surface area is 209 Å². The molecule has 5 nitrogen and oxygen atoms in total. The van der Waals surface area contributed by atoms with Crippen molar-refractivity contribution in [2.24, 2.45) is 0 Å². The van der Waals surface area contributed by atoms with Crippen LogP contribution in [-0.4, -0.2) is 18.6 Å². The van der Waals surface area contributed by atoms with Gasteiger partial charge >= 0.3 is 12.1 Å². The van der Waals surface area contributed by atoms with Gasteiger partial charge in [-0.25, -0.2) is 10.4 Å². The lowest BCUT2D eigenvalue weighted by atomic mass is 10.1. The number of hydrogen-bond acceptors (Lipinski definition) is 4. The van der Waals surface area contributed by atoms with Crippen LogP contribution in [0.1, 0.15) is 29.2 Å². The first kappa shape index (κ1) is 27.0. The van der Waals surface area contributed by atoms with Crippen molar-refractivity contribution in [3.63, 3.8) is 0 Å². The van der Waals surface area contributed by atoms with Crippen molar-refractivity contribution < 1.29 is 22.7 Å². The third kappa shape index (κ3) is 7.44. The second-order valence-corrected chi connectivity index (χ2v) is 8.33. The van der Waals surface area contributed by atoms with Gasteiger partial charge in [0.1, 0.15) is 6.10 Å². The summed E-state index contributed by atoms with van der Waals surface area (Å²) in [6.07, 6.45) is -2.67. The fourth-order valence-electron chi connectivity index (χ4n) is 3.77. The van der Waals surface area contributed by atoms with Gasteiger partial charge in [0, 0.05) is 19.4 Å². The Morgan fingerprint density at radius 2 is 1.61 bits per heavy atom. The van der Waals surface area contributed by atoms with E-state index in [1.54, 1.807) is 13.0 Å².